The van der Waals surface area contributed by atoms with E-state index in [0.29, 0.717) is 23.8 Å². The molecule has 0 amide bonds. The van der Waals surface area contributed by atoms with Crippen molar-refractivity contribution >= 4 is 5.78 Å². The second-order valence-electron chi connectivity index (χ2n) is 4.34. The summed E-state index contributed by atoms with van der Waals surface area (Å²) in [5.41, 5.74) is 0.680. The Labute approximate surface area is 103 Å². The molecular weight excluding hydrogens is 214 g/mol. The molecule has 0 spiro atoms. The van der Waals surface area contributed by atoms with Crippen LogP contribution in [0.4, 0.5) is 0 Å². The summed E-state index contributed by atoms with van der Waals surface area (Å²) >= 11 is 0. The normalized spacial score (nSPS) is 10.6. The number of nitrogens with one attached hydrogen (secondary N) is 1. The molecule has 1 aromatic rings. The Kier molecular flexibility index (Phi) is 5.70. The predicted molar refractivity (Wildman–Crippen MR) is 69.7 cm³/mol. The molecule has 0 saturated heterocycles. The molecule has 0 aliphatic carbocycles. The predicted octanol–water partition coefficient (Wildman–Crippen LogP) is 2.66. The van der Waals surface area contributed by atoms with Crippen molar-refractivity contribution in [3.05, 3.63) is 29.8 Å². The molecule has 0 fully saturated rings. The summed E-state index contributed by atoms with van der Waals surface area (Å²) in [6.07, 6.45) is 1.41. The summed E-state index contributed by atoms with van der Waals surface area (Å²) < 4.78 is 5.17. The van der Waals surface area contributed by atoms with Crippen LogP contribution in [0.2, 0.25) is 0 Å². The minimum atomic E-state index is 0.146. The number of ketones is 1. The van der Waals surface area contributed by atoms with Gasteiger partial charge in [0.05, 0.1) is 12.7 Å². The summed E-state index contributed by atoms with van der Waals surface area (Å²) in [6.45, 7) is 5.07. The van der Waals surface area contributed by atoms with E-state index in [4.69, 9.17) is 4.74 Å². The van der Waals surface area contributed by atoms with Gasteiger partial charge in [-0.1, -0.05) is 26.0 Å². The molecule has 0 radical (unpaired) electrons. The van der Waals surface area contributed by atoms with E-state index < -0.39 is 0 Å². The Hall–Kier alpha value is -1.35. The molecule has 94 valence electrons. The summed E-state index contributed by atoms with van der Waals surface area (Å²) in [5, 5.41) is 3.30. The molecule has 0 aliphatic rings. The molecule has 3 nitrogen and oxygen atoms in total. The highest BCUT2D eigenvalue weighted by molar-refractivity contribution is 5.98. The lowest BCUT2D eigenvalue weighted by Crippen LogP contribution is -2.24. The van der Waals surface area contributed by atoms with E-state index in [1.165, 1.54) is 0 Å². The van der Waals surface area contributed by atoms with Gasteiger partial charge in [-0.15, -0.1) is 0 Å². The maximum atomic E-state index is 12.0. The lowest BCUT2D eigenvalue weighted by molar-refractivity contribution is 0.0977. The molecule has 0 bridgehead atoms. The Morgan fingerprint density at radius 2 is 2.06 bits per heavy atom. The monoisotopic (exact) mass is 235 g/mol. The van der Waals surface area contributed by atoms with Crippen molar-refractivity contribution < 1.29 is 9.53 Å². The van der Waals surface area contributed by atoms with Crippen LogP contribution in [-0.4, -0.2) is 25.5 Å². The molecule has 0 atom stereocenters. The number of carbonyl (C=O) groups excluding carboxylic acids is 1. The van der Waals surface area contributed by atoms with Gasteiger partial charge >= 0.3 is 0 Å². The van der Waals surface area contributed by atoms with Crippen LogP contribution in [0.1, 0.15) is 37.0 Å². The molecule has 1 aromatic carbocycles. The summed E-state index contributed by atoms with van der Waals surface area (Å²) in [4.78, 5) is 12.0. The summed E-state index contributed by atoms with van der Waals surface area (Å²) in [6, 6.07) is 7.84. The van der Waals surface area contributed by atoms with Crippen LogP contribution < -0.4 is 10.1 Å². The SMILES string of the molecule is COc1ccccc1C(=O)CCCNC(C)C. The molecule has 17 heavy (non-hydrogen) atoms. The molecule has 0 unspecified atom stereocenters. The van der Waals surface area contributed by atoms with Gasteiger partial charge in [0, 0.05) is 12.5 Å². The molecular formula is C14H21NO2. The first-order valence-electron chi connectivity index (χ1n) is 6.04. The average Bonchev–Trinajstić information content (AvgIpc) is 2.34. The fourth-order valence-electron chi connectivity index (χ4n) is 1.65. The number of carbonyl (C=O) groups is 1. The minimum absolute atomic E-state index is 0.146. The van der Waals surface area contributed by atoms with Crippen molar-refractivity contribution in [3.8, 4) is 5.75 Å². The number of hydrogen-bond acceptors (Lipinski definition) is 3. The second kappa shape index (κ2) is 7.07. The zero-order chi connectivity index (χ0) is 12.7. The van der Waals surface area contributed by atoms with Gasteiger partial charge < -0.3 is 10.1 Å². The molecule has 0 aromatic heterocycles. The largest absolute Gasteiger partial charge is 0.496 e. The van der Waals surface area contributed by atoms with E-state index >= 15 is 0 Å². The second-order valence-corrected chi connectivity index (χ2v) is 4.34. The quantitative estimate of drug-likeness (QED) is 0.583. The van der Waals surface area contributed by atoms with Gasteiger partial charge in [-0.05, 0) is 25.1 Å². The number of ether oxygens (including phenoxy) is 1. The molecule has 0 aliphatic heterocycles. The van der Waals surface area contributed by atoms with Crippen LogP contribution in [0.3, 0.4) is 0 Å². The molecule has 1 rings (SSSR count). The zero-order valence-corrected chi connectivity index (χ0v) is 10.8. The first kappa shape index (κ1) is 13.7. The third kappa shape index (κ3) is 4.57. The van der Waals surface area contributed by atoms with Gasteiger partial charge in [0.1, 0.15) is 5.75 Å². The topological polar surface area (TPSA) is 38.3 Å². The van der Waals surface area contributed by atoms with Crippen molar-refractivity contribution in [1.29, 1.82) is 0 Å². The van der Waals surface area contributed by atoms with Crippen LogP contribution >= 0.6 is 0 Å². The Balaban J connectivity index is 2.47. The Bertz CT molecular complexity index is 361. The first-order valence-corrected chi connectivity index (χ1v) is 6.04. The number of Topliss-reactive ketones (excluding diaryl/α,β-unsaturated/α-hetero) is 1. The van der Waals surface area contributed by atoms with Gasteiger partial charge in [-0.3, -0.25) is 4.79 Å². The Morgan fingerprint density at radius 1 is 1.35 bits per heavy atom. The molecule has 1 N–H and O–H groups in total. The van der Waals surface area contributed by atoms with E-state index in [1.807, 2.05) is 24.3 Å². The van der Waals surface area contributed by atoms with Crippen LogP contribution in [0.25, 0.3) is 0 Å². The van der Waals surface area contributed by atoms with Gasteiger partial charge in [-0.2, -0.15) is 0 Å². The minimum Gasteiger partial charge on any atom is -0.496 e. The van der Waals surface area contributed by atoms with E-state index in [2.05, 4.69) is 19.2 Å². The zero-order valence-electron chi connectivity index (χ0n) is 10.8. The smallest absolute Gasteiger partial charge is 0.166 e. The van der Waals surface area contributed by atoms with Crippen molar-refractivity contribution in [2.75, 3.05) is 13.7 Å². The van der Waals surface area contributed by atoms with Crippen LogP contribution in [0, 0.1) is 0 Å². The number of hydrogen-bond donors (Lipinski definition) is 1. The van der Waals surface area contributed by atoms with Gasteiger partial charge in [0.25, 0.3) is 0 Å². The van der Waals surface area contributed by atoms with E-state index in [1.54, 1.807) is 7.11 Å². The standard InChI is InChI=1S/C14H21NO2/c1-11(2)15-10-6-8-13(16)12-7-4-5-9-14(12)17-3/h4-5,7,9,11,15H,6,8,10H2,1-3H3. The molecule has 0 heterocycles. The van der Waals surface area contributed by atoms with E-state index in [0.717, 1.165) is 13.0 Å². The average molecular weight is 235 g/mol. The Morgan fingerprint density at radius 3 is 2.71 bits per heavy atom. The van der Waals surface area contributed by atoms with Gasteiger partial charge in [0.2, 0.25) is 0 Å². The van der Waals surface area contributed by atoms with Crippen LogP contribution in [-0.2, 0) is 0 Å². The fourth-order valence-corrected chi connectivity index (χ4v) is 1.65. The molecule has 3 heteroatoms. The molecule has 0 saturated carbocycles. The van der Waals surface area contributed by atoms with Crippen LogP contribution in [0.5, 0.6) is 5.75 Å². The van der Waals surface area contributed by atoms with E-state index in [-0.39, 0.29) is 5.78 Å². The van der Waals surface area contributed by atoms with Crippen molar-refractivity contribution in [2.45, 2.75) is 32.7 Å². The highest BCUT2D eigenvalue weighted by atomic mass is 16.5. The number of methoxy groups -OCH3 is 1. The first-order chi connectivity index (χ1) is 8.15. The summed E-state index contributed by atoms with van der Waals surface area (Å²) in [7, 11) is 1.59. The van der Waals surface area contributed by atoms with Crippen molar-refractivity contribution in [1.82, 2.24) is 5.32 Å². The fraction of sp³-hybridized carbons (Fsp3) is 0.500. The highest BCUT2D eigenvalue weighted by Crippen LogP contribution is 2.19. The third-order valence-electron chi connectivity index (χ3n) is 2.54. The van der Waals surface area contributed by atoms with E-state index in [9.17, 15) is 4.79 Å². The highest BCUT2D eigenvalue weighted by Gasteiger charge is 2.10. The van der Waals surface area contributed by atoms with Crippen molar-refractivity contribution in [3.63, 3.8) is 0 Å². The maximum absolute atomic E-state index is 12.0. The number of benzene rings is 1. The van der Waals surface area contributed by atoms with Gasteiger partial charge in [-0.25, -0.2) is 0 Å². The third-order valence-corrected chi connectivity index (χ3v) is 2.54. The maximum Gasteiger partial charge on any atom is 0.166 e. The lowest BCUT2D eigenvalue weighted by Gasteiger charge is -2.09. The number of rotatable bonds is 7. The summed E-state index contributed by atoms with van der Waals surface area (Å²) in [5.74, 6) is 0.808. The number of para-hydroxylation sites is 1. The van der Waals surface area contributed by atoms with Crippen molar-refractivity contribution in [2.24, 2.45) is 0 Å². The van der Waals surface area contributed by atoms with Crippen LogP contribution in [0.15, 0.2) is 24.3 Å². The van der Waals surface area contributed by atoms with Gasteiger partial charge in [0.15, 0.2) is 5.78 Å². The lowest BCUT2D eigenvalue weighted by atomic mass is 10.1.